The first-order valence-corrected chi connectivity index (χ1v) is 10.8. The number of nitrogens with zero attached hydrogens (tertiary/aromatic N) is 5. The molecule has 2 atom stereocenters. The standard InChI is InChI=1S/C21H33N5O2/c1-16-13-26(14-19(16)25-9-7-24(8-10-25)17(2)27)20-11-22-12-21(23-20)28-15-18-5-3-4-6-18/h11-12,16,18-19H,3-10,13-15H2,1-2H3. The van der Waals surface area contributed by atoms with E-state index >= 15 is 0 Å². The van der Waals surface area contributed by atoms with Gasteiger partial charge in [-0.3, -0.25) is 14.7 Å². The van der Waals surface area contributed by atoms with Gasteiger partial charge in [0.2, 0.25) is 11.8 Å². The molecular weight excluding hydrogens is 354 g/mol. The van der Waals surface area contributed by atoms with E-state index < -0.39 is 0 Å². The third-order valence-electron chi connectivity index (χ3n) is 6.67. The maximum absolute atomic E-state index is 11.6. The maximum atomic E-state index is 11.6. The third kappa shape index (κ3) is 4.40. The topological polar surface area (TPSA) is 61.8 Å². The molecule has 1 aliphatic carbocycles. The van der Waals surface area contributed by atoms with Gasteiger partial charge in [0.05, 0.1) is 19.0 Å². The van der Waals surface area contributed by atoms with Gasteiger partial charge < -0.3 is 14.5 Å². The predicted octanol–water partition coefficient (Wildman–Crippen LogP) is 2.03. The molecule has 0 bridgehead atoms. The summed E-state index contributed by atoms with van der Waals surface area (Å²) >= 11 is 0. The highest BCUT2D eigenvalue weighted by atomic mass is 16.5. The molecule has 0 radical (unpaired) electrons. The monoisotopic (exact) mass is 387 g/mol. The molecule has 0 N–H and O–H groups in total. The van der Waals surface area contributed by atoms with Gasteiger partial charge in [-0.05, 0) is 24.7 Å². The summed E-state index contributed by atoms with van der Waals surface area (Å²) in [5.74, 6) is 2.99. The molecule has 0 aromatic carbocycles. The first-order chi connectivity index (χ1) is 13.6. The summed E-state index contributed by atoms with van der Waals surface area (Å²) in [7, 11) is 0. The highest BCUT2D eigenvalue weighted by Crippen LogP contribution is 2.28. The molecule has 2 unspecified atom stereocenters. The molecule has 1 amide bonds. The Morgan fingerprint density at radius 3 is 2.61 bits per heavy atom. The lowest BCUT2D eigenvalue weighted by molar-refractivity contribution is -0.130. The molecule has 2 aliphatic heterocycles. The maximum Gasteiger partial charge on any atom is 0.234 e. The van der Waals surface area contributed by atoms with Crippen molar-refractivity contribution in [1.82, 2.24) is 19.8 Å². The number of anilines is 1. The van der Waals surface area contributed by atoms with Crippen molar-refractivity contribution in [2.75, 3.05) is 50.8 Å². The Morgan fingerprint density at radius 1 is 1.14 bits per heavy atom. The number of hydrogen-bond acceptors (Lipinski definition) is 6. The third-order valence-corrected chi connectivity index (χ3v) is 6.67. The van der Waals surface area contributed by atoms with Gasteiger partial charge in [-0.1, -0.05) is 19.8 Å². The summed E-state index contributed by atoms with van der Waals surface area (Å²) in [6, 6.07) is 0.499. The van der Waals surface area contributed by atoms with E-state index in [1.54, 1.807) is 13.1 Å². The van der Waals surface area contributed by atoms with Crippen molar-refractivity contribution in [2.45, 2.75) is 45.6 Å². The van der Waals surface area contributed by atoms with Gasteiger partial charge in [-0.2, -0.15) is 4.98 Å². The summed E-state index contributed by atoms with van der Waals surface area (Å²) < 4.78 is 5.95. The van der Waals surface area contributed by atoms with Gasteiger partial charge in [0, 0.05) is 52.2 Å². The minimum atomic E-state index is 0.186. The van der Waals surface area contributed by atoms with Crippen molar-refractivity contribution in [2.24, 2.45) is 11.8 Å². The normalized spacial score (nSPS) is 26.8. The van der Waals surface area contributed by atoms with Crippen LogP contribution in [0.15, 0.2) is 12.4 Å². The Balaban J connectivity index is 1.34. The summed E-state index contributed by atoms with van der Waals surface area (Å²) in [5.41, 5.74) is 0. The van der Waals surface area contributed by atoms with Gasteiger partial charge in [0.15, 0.2) is 5.82 Å². The number of carbonyl (C=O) groups excluding carboxylic acids is 1. The molecule has 1 aromatic heterocycles. The predicted molar refractivity (Wildman–Crippen MR) is 108 cm³/mol. The number of hydrogen-bond donors (Lipinski definition) is 0. The zero-order chi connectivity index (χ0) is 19.5. The van der Waals surface area contributed by atoms with Crippen LogP contribution in [0.4, 0.5) is 5.82 Å². The van der Waals surface area contributed by atoms with Crippen LogP contribution in [0, 0.1) is 11.8 Å². The molecule has 3 aliphatic rings. The minimum Gasteiger partial charge on any atom is -0.476 e. The van der Waals surface area contributed by atoms with E-state index in [4.69, 9.17) is 9.72 Å². The Kier molecular flexibility index (Phi) is 5.99. The average Bonchev–Trinajstić information content (AvgIpc) is 3.36. The van der Waals surface area contributed by atoms with Crippen LogP contribution >= 0.6 is 0 Å². The first-order valence-electron chi connectivity index (χ1n) is 10.8. The minimum absolute atomic E-state index is 0.186. The zero-order valence-corrected chi connectivity index (χ0v) is 17.2. The lowest BCUT2D eigenvalue weighted by atomic mass is 10.0. The molecule has 0 spiro atoms. The highest BCUT2D eigenvalue weighted by molar-refractivity contribution is 5.73. The van der Waals surface area contributed by atoms with Crippen LogP contribution in [-0.4, -0.2) is 77.6 Å². The number of carbonyl (C=O) groups is 1. The van der Waals surface area contributed by atoms with E-state index in [0.717, 1.165) is 51.7 Å². The van der Waals surface area contributed by atoms with E-state index in [9.17, 15) is 4.79 Å². The van der Waals surface area contributed by atoms with Gasteiger partial charge in [0.1, 0.15) is 0 Å². The van der Waals surface area contributed by atoms with E-state index in [2.05, 4.69) is 21.7 Å². The molecule has 1 aromatic rings. The number of aromatic nitrogens is 2. The van der Waals surface area contributed by atoms with Crippen LogP contribution in [0.3, 0.4) is 0 Å². The second-order valence-electron chi connectivity index (χ2n) is 8.67. The SMILES string of the molecule is CC(=O)N1CCN(C2CN(c3cncc(OCC4CCCC4)n3)CC2C)CC1. The Morgan fingerprint density at radius 2 is 1.89 bits per heavy atom. The van der Waals surface area contributed by atoms with Crippen molar-refractivity contribution in [3.8, 4) is 5.88 Å². The van der Waals surface area contributed by atoms with E-state index in [-0.39, 0.29) is 5.91 Å². The Bertz CT molecular complexity index is 671. The van der Waals surface area contributed by atoms with Crippen LogP contribution in [0.25, 0.3) is 0 Å². The molecule has 2 saturated heterocycles. The van der Waals surface area contributed by atoms with Crippen molar-refractivity contribution < 1.29 is 9.53 Å². The van der Waals surface area contributed by atoms with Crippen molar-refractivity contribution >= 4 is 11.7 Å². The van der Waals surface area contributed by atoms with E-state index in [0.29, 0.717) is 23.8 Å². The summed E-state index contributed by atoms with van der Waals surface area (Å²) in [5, 5.41) is 0. The van der Waals surface area contributed by atoms with Crippen LogP contribution in [0.2, 0.25) is 0 Å². The van der Waals surface area contributed by atoms with E-state index in [1.807, 2.05) is 11.1 Å². The number of amides is 1. The number of rotatable bonds is 5. The molecule has 154 valence electrons. The lowest BCUT2D eigenvalue weighted by Crippen LogP contribution is -2.53. The van der Waals surface area contributed by atoms with Gasteiger partial charge in [0.25, 0.3) is 0 Å². The molecule has 3 fully saturated rings. The lowest BCUT2D eigenvalue weighted by Gasteiger charge is -2.38. The smallest absolute Gasteiger partial charge is 0.234 e. The zero-order valence-electron chi connectivity index (χ0n) is 17.2. The van der Waals surface area contributed by atoms with Crippen LogP contribution < -0.4 is 9.64 Å². The number of piperazine rings is 1. The molecular formula is C21H33N5O2. The average molecular weight is 388 g/mol. The van der Waals surface area contributed by atoms with Gasteiger partial charge in [-0.15, -0.1) is 0 Å². The molecule has 4 rings (SSSR count). The van der Waals surface area contributed by atoms with Gasteiger partial charge >= 0.3 is 0 Å². The largest absolute Gasteiger partial charge is 0.476 e. The molecule has 28 heavy (non-hydrogen) atoms. The van der Waals surface area contributed by atoms with Crippen molar-refractivity contribution in [3.63, 3.8) is 0 Å². The fourth-order valence-electron chi connectivity index (χ4n) is 4.92. The number of ether oxygens (including phenoxy) is 1. The highest BCUT2D eigenvalue weighted by Gasteiger charge is 2.36. The van der Waals surface area contributed by atoms with E-state index in [1.165, 1.54) is 25.7 Å². The molecule has 1 saturated carbocycles. The Labute approximate surface area is 168 Å². The fourth-order valence-corrected chi connectivity index (χ4v) is 4.92. The first kappa shape index (κ1) is 19.4. The second kappa shape index (κ2) is 8.64. The summed E-state index contributed by atoms with van der Waals surface area (Å²) in [6.07, 6.45) is 8.78. The quantitative estimate of drug-likeness (QED) is 0.770. The van der Waals surface area contributed by atoms with Gasteiger partial charge in [-0.25, -0.2) is 0 Å². The summed E-state index contributed by atoms with van der Waals surface area (Å²) in [6.45, 7) is 10.3. The fraction of sp³-hybridized carbons (Fsp3) is 0.762. The van der Waals surface area contributed by atoms with Crippen LogP contribution in [0.5, 0.6) is 5.88 Å². The molecule has 7 nitrogen and oxygen atoms in total. The van der Waals surface area contributed by atoms with Crippen molar-refractivity contribution in [3.05, 3.63) is 12.4 Å². The Hall–Kier alpha value is -1.89. The van der Waals surface area contributed by atoms with Crippen LogP contribution in [-0.2, 0) is 4.79 Å². The molecule has 7 heteroatoms. The van der Waals surface area contributed by atoms with Crippen molar-refractivity contribution in [1.29, 1.82) is 0 Å². The van der Waals surface area contributed by atoms with Crippen LogP contribution in [0.1, 0.15) is 39.5 Å². The second-order valence-corrected chi connectivity index (χ2v) is 8.67. The molecule has 3 heterocycles. The summed E-state index contributed by atoms with van der Waals surface area (Å²) in [4.78, 5) is 27.5.